The fourth-order valence-corrected chi connectivity index (χ4v) is 3.10. The van der Waals surface area contributed by atoms with Crippen molar-refractivity contribution in [2.75, 3.05) is 20.6 Å². The van der Waals surface area contributed by atoms with E-state index in [4.69, 9.17) is 4.99 Å². The number of nitrogens with zero attached hydrogens (tertiary/aromatic N) is 2. The summed E-state index contributed by atoms with van der Waals surface area (Å²) in [6.45, 7) is 5.10. The predicted octanol–water partition coefficient (Wildman–Crippen LogP) is 3.38. The molecule has 26 heavy (non-hydrogen) atoms. The Morgan fingerprint density at radius 1 is 1.19 bits per heavy atom. The highest BCUT2D eigenvalue weighted by Gasteiger charge is 2.15. The van der Waals surface area contributed by atoms with Gasteiger partial charge >= 0.3 is 0 Å². The molecule has 1 aromatic carbocycles. The summed E-state index contributed by atoms with van der Waals surface area (Å²) in [5.74, 6) is 0.784. The lowest BCUT2D eigenvalue weighted by Crippen LogP contribution is -2.47. The molecule has 0 saturated heterocycles. The molecule has 0 atom stereocenters. The minimum absolute atomic E-state index is 0. The number of nitrogens with one attached hydrogen (secondary N) is 2. The lowest BCUT2D eigenvalue weighted by atomic mass is 9.96. The van der Waals surface area contributed by atoms with Crippen LogP contribution < -0.4 is 10.6 Å². The molecule has 0 heterocycles. The topological polar surface area (TPSA) is 56.7 Å². The number of aryl methyl sites for hydroxylation is 2. The molecular weight excluding hydrogens is 439 g/mol. The Labute approximate surface area is 175 Å². The minimum atomic E-state index is 0. The molecule has 2 rings (SSSR count). The van der Waals surface area contributed by atoms with Crippen molar-refractivity contribution < 1.29 is 4.79 Å². The highest BCUT2D eigenvalue weighted by Crippen LogP contribution is 2.17. The molecule has 146 valence electrons. The molecule has 0 aromatic heterocycles. The van der Waals surface area contributed by atoms with Crippen molar-refractivity contribution in [3.63, 3.8) is 0 Å². The first kappa shape index (κ1) is 22.7. The van der Waals surface area contributed by atoms with Crippen LogP contribution in [-0.2, 0) is 11.3 Å². The summed E-state index contributed by atoms with van der Waals surface area (Å²) < 4.78 is 0. The van der Waals surface area contributed by atoms with Gasteiger partial charge < -0.3 is 15.5 Å². The normalized spacial score (nSPS) is 15.2. The molecule has 0 unspecified atom stereocenters. The standard InChI is InChI=1S/C20H32N4O.HI/c1-15-10-11-17(16(2)12-15)13-21-20(22-14-19(25)24(3)4)23-18-8-6-5-7-9-18;/h10-12,18H,5-9,13-14H2,1-4H3,(H2,21,22,23);1H. The third kappa shape index (κ3) is 7.51. The molecule has 1 aliphatic carbocycles. The largest absolute Gasteiger partial charge is 0.354 e. The van der Waals surface area contributed by atoms with Gasteiger partial charge in [0.25, 0.3) is 0 Å². The molecule has 1 aromatic rings. The summed E-state index contributed by atoms with van der Waals surface area (Å²) in [5, 5.41) is 6.72. The zero-order chi connectivity index (χ0) is 18.2. The molecule has 0 radical (unpaired) electrons. The van der Waals surface area contributed by atoms with Gasteiger partial charge in [0.1, 0.15) is 0 Å². The molecule has 0 spiro atoms. The third-order valence-corrected chi connectivity index (χ3v) is 4.76. The monoisotopic (exact) mass is 472 g/mol. The molecule has 0 bridgehead atoms. The van der Waals surface area contributed by atoms with Crippen LogP contribution in [0.2, 0.25) is 0 Å². The lowest BCUT2D eigenvalue weighted by Gasteiger charge is -2.25. The molecule has 1 saturated carbocycles. The van der Waals surface area contributed by atoms with Crippen molar-refractivity contribution in [3.8, 4) is 0 Å². The summed E-state index contributed by atoms with van der Waals surface area (Å²) in [7, 11) is 3.54. The Hall–Kier alpha value is -1.31. The van der Waals surface area contributed by atoms with Crippen LogP contribution in [0.4, 0.5) is 0 Å². The van der Waals surface area contributed by atoms with Crippen LogP contribution in [0.3, 0.4) is 0 Å². The summed E-state index contributed by atoms with van der Waals surface area (Å²) in [4.78, 5) is 18.2. The SMILES string of the molecule is Cc1ccc(CN=C(NCC(=O)N(C)C)NC2CCCCC2)c(C)c1.I. The zero-order valence-electron chi connectivity index (χ0n) is 16.5. The van der Waals surface area contributed by atoms with Gasteiger partial charge in [-0.1, -0.05) is 43.0 Å². The van der Waals surface area contributed by atoms with E-state index in [0.717, 1.165) is 5.96 Å². The van der Waals surface area contributed by atoms with Gasteiger partial charge in [0.05, 0.1) is 13.1 Å². The number of amides is 1. The highest BCUT2D eigenvalue weighted by molar-refractivity contribution is 14.0. The van der Waals surface area contributed by atoms with Crippen molar-refractivity contribution in [2.45, 2.75) is 58.5 Å². The second-order valence-corrected chi connectivity index (χ2v) is 7.22. The van der Waals surface area contributed by atoms with E-state index >= 15 is 0 Å². The van der Waals surface area contributed by atoms with E-state index in [0.29, 0.717) is 12.6 Å². The average Bonchev–Trinajstić information content (AvgIpc) is 2.59. The number of likely N-dealkylation sites (N-methyl/N-ethyl adjacent to an activating group) is 1. The Morgan fingerprint density at radius 2 is 1.88 bits per heavy atom. The predicted molar refractivity (Wildman–Crippen MR) is 119 cm³/mol. The van der Waals surface area contributed by atoms with Crippen molar-refractivity contribution in [1.82, 2.24) is 15.5 Å². The third-order valence-electron chi connectivity index (χ3n) is 4.76. The van der Waals surface area contributed by atoms with E-state index < -0.39 is 0 Å². The van der Waals surface area contributed by atoms with Crippen LogP contribution in [0.1, 0.15) is 48.8 Å². The van der Waals surface area contributed by atoms with Crippen molar-refractivity contribution >= 4 is 35.8 Å². The Balaban J connectivity index is 0.00000338. The maximum Gasteiger partial charge on any atom is 0.241 e. The van der Waals surface area contributed by atoms with E-state index in [1.807, 2.05) is 0 Å². The second kappa shape index (κ2) is 11.4. The van der Waals surface area contributed by atoms with Crippen LogP contribution in [0, 0.1) is 13.8 Å². The summed E-state index contributed by atoms with van der Waals surface area (Å²) in [5.41, 5.74) is 3.74. The molecule has 1 fully saturated rings. The lowest BCUT2D eigenvalue weighted by molar-refractivity contribution is -0.127. The van der Waals surface area contributed by atoms with Crippen molar-refractivity contribution in [3.05, 3.63) is 34.9 Å². The van der Waals surface area contributed by atoms with Crippen LogP contribution in [0.5, 0.6) is 0 Å². The minimum Gasteiger partial charge on any atom is -0.354 e. The summed E-state index contributed by atoms with van der Waals surface area (Å²) >= 11 is 0. The summed E-state index contributed by atoms with van der Waals surface area (Å²) in [6, 6.07) is 6.89. The Bertz CT molecular complexity index is 610. The fraction of sp³-hybridized carbons (Fsp3) is 0.600. The number of hydrogen-bond acceptors (Lipinski definition) is 2. The van der Waals surface area contributed by atoms with E-state index in [9.17, 15) is 4.79 Å². The Kier molecular flexibility index (Phi) is 9.98. The first-order chi connectivity index (χ1) is 12.0. The number of aliphatic imine (C=N–C) groups is 1. The molecular formula is C20H33IN4O. The van der Waals surface area contributed by atoms with Crippen LogP contribution in [0.25, 0.3) is 0 Å². The van der Waals surface area contributed by atoms with Gasteiger partial charge in [-0.25, -0.2) is 4.99 Å². The summed E-state index contributed by atoms with van der Waals surface area (Å²) in [6.07, 6.45) is 6.19. The van der Waals surface area contributed by atoms with Gasteiger partial charge in [-0.15, -0.1) is 24.0 Å². The van der Waals surface area contributed by atoms with Crippen LogP contribution in [-0.4, -0.2) is 43.4 Å². The smallest absolute Gasteiger partial charge is 0.241 e. The Morgan fingerprint density at radius 3 is 2.50 bits per heavy atom. The number of benzene rings is 1. The molecule has 6 heteroatoms. The van der Waals surface area contributed by atoms with Gasteiger partial charge in [0.2, 0.25) is 5.91 Å². The molecule has 0 aliphatic heterocycles. The fourth-order valence-electron chi connectivity index (χ4n) is 3.10. The van der Waals surface area contributed by atoms with Gasteiger partial charge in [0.15, 0.2) is 5.96 Å². The zero-order valence-corrected chi connectivity index (χ0v) is 18.8. The van der Waals surface area contributed by atoms with Crippen molar-refractivity contribution in [2.24, 2.45) is 4.99 Å². The first-order valence-electron chi connectivity index (χ1n) is 9.27. The van der Waals surface area contributed by atoms with E-state index in [1.165, 1.54) is 48.8 Å². The maximum absolute atomic E-state index is 11.9. The highest BCUT2D eigenvalue weighted by atomic mass is 127. The van der Waals surface area contributed by atoms with Gasteiger partial charge in [-0.05, 0) is 37.8 Å². The van der Waals surface area contributed by atoms with E-state index in [-0.39, 0.29) is 36.4 Å². The number of carbonyl (C=O) groups is 1. The number of hydrogen-bond donors (Lipinski definition) is 2. The van der Waals surface area contributed by atoms with Gasteiger partial charge in [0, 0.05) is 20.1 Å². The molecule has 1 amide bonds. The molecule has 1 aliphatic rings. The van der Waals surface area contributed by atoms with Crippen molar-refractivity contribution in [1.29, 1.82) is 0 Å². The number of carbonyl (C=O) groups excluding carboxylic acids is 1. The average molecular weight is 472 g/mol. The first-order valence-corrected chi connectivity index (χ1v) is 9.27. The van der Waals surface area contributed by atoms with Gasteiger partial charge in [-0.2, -0.15) is 0 Å². The van der Waals surface area contributed by atoms with E-state index in [2.05, 4.69) is 42.7 Å². The van der Waals surface area contributed by atoms with Crippen LogP contribution >= 0.6 is 24.0 Å². The molecule has 2 N–H and O–H groups in total. The molecule has 5 nitrogen and oxygen atoms in total. The number of rotatable bonds is 5. The number of guanidine groups is 1. The van der Waals surface area contributed by atoms with Gasteiger partial charge in [-0.3, -0.25) is 4.79 Å². The quantitative estimate of drug-likeness (QED) is 0.393. The second-order valence-electron chi connectivity index (χ2n) is 7.22. The maximum atomic E-state index is 11.9. The van der Waals surface area contributed by atoms with E-state index in [1.54, 1.807) is 19.0 Å². The number of halogens is 1. The van der Waals surface area contributed by atoms with Crippen LogP contribution in [0.15, 0.2) is 23.2 Å².